The van der Waals surface area contributed by atoms with E-state index in [1.54, 1.807) is 20.8 Å². The molecule has 186 valence electrons. The van der Waals surface area contributed by atoms with E-state index >= 15 is 0 Å². The first-order valence-electron chi connectivity index (χ1n) is 10.4. The third-order valence-electron chi connectivity index (χ3n) is 5.53. The zero-order valence-corrected chi connectivity index (χ0v) is 19.6. The second-order valence-electron chi connectivity index (χ2n) is 9.00. The third-order valence-corrected chi connectivity index (χ3v) is 5.88. The molecule has 1 N–H and O–H groups in total. The maximum absolute atomic E-state index is 13.2. The van der Waals surface area contributed by atoms with Gasteiger partial charge in [0.05, 0.1) is 13.2 Å². The van der Waals surface area contributed by atoms with Crippen molar-refractivity contribution in [3.05, 3.63) is 0 Å². The van der Waals surface area contributed by atoms with Crippen LogP contribution in [0.1, 0.15) is 46.5 Å². The van der Waals surface area contributed by atoms with E-state index < -0.39 is 58.1 Å². The van der Waals surface area contributed by atoms with Crippen LogP contribution in [0, 0.1) is 0 Å². The van der Waals surface area contributed by atoms with E-state index in [-0.39, 0.29) is 25.9 Å². The zero-order valence-electron chi connectivity index (χ0n) is 18.8. The topological polar surface area (TPSA) is 163 Å². The molecule has 15 heteroatoms. The van der Waals surface area contributed by atoms with Crippen LogP contribution in [0.3, 0.4) is 0 Å². The Morgan fingerprint density at radius 3 is 2.30 bits per heavy atom. The van der Waals surface area contributed by atoms with Crippen LogP contribution < -0.4 is 0 Å². The Hall–Kier alpha value is -2.49. The summed E-state index contributed by atoms with van der Waals surface area (Å²) < 4.78 is 40.7. The fourth-order valence-corrected chi connectivity index (χ4v) is 4.60. The molecular weight excluding hydrogens is 464 g/mol. The van der Waals surface area contributed by atoms with Gasteiger partial charge >= 0.3 is 22.5 Å². The summed E-state index contributed by atoms with van der Waals surface area (Å²) in [5.41, 5.74) is -0.769. The summed E-state index contributed by atoms with van der Waals surface area (Å²) in [7, 11) is -3.82. The molecule has 0 aromatic rings. The van der Waals surface area contributed by atoms with Gasteiger partial charge in [-0.05, 0) is 46.5 Å². The highest BCUT2D eigenvalue weighted by Crippen LogP contribution is 2.32. The molecule has 0 aromatic heterocycles. The molecule has 0 aliphatic carbocycles. The smallest absolute Gasteiger partial charge is 0.418 e. The van der Waals surface area contributed by atoms with E-state index in [0.29, 0.717) is 23.0 Å². The van der Waals surface area contributed by atoms with Gasteiger partial charge in [0.2, 0.25) is 0 Å². The Balaban J connectivity index is 1.74. The maximum atomic E-state index is 13.2. The number of likely N-dealkylation sites (tertiary alicyclic amines) is 1. The number of hydrogen-bond acceptors (Lipinski definition) is 9. The minimum Gasteiger partial charge on any atom is -0.444 e. The predicted octanol–water partition coefficient (Wildman–Crippen LogP) is 0.306. The van der Waals surface area contributed by atoms with Crippen LogP contribution in [0.2, 0.25) is 0 Å². The van der Waals surface area contributed by atoms with Crippen LogP contribution in [0.25, 0.3) is 0 Å². The van der Waals surface area contributed by atoms with Gasteiger partial charge in [0, 0.05) is 13.1 Å². The molecular formula is C18H28N4O10S. The van der Waals surface area contributed by atoms with Crippen LogP contribution in [-0.4, -0.2) is 101 Å². The zero-order chi connectivity index (χ0) is 24.7. The van der Waals surface area contributed by atoms with Gasteiger partial charge < -0.3 is 9.64 Å². The number of amides is 5. The molecule has 3 aliphatic rings. The van der Waals surface area contributed by atoms with E-state index in [2.05, 4.69) is 4.28 Å². The molecule has 0 unspecified atom stereocenters. The van der Waals surface area contributed by atoms with E-state index in [9.17, 15) is 27.6 Å². The van der Waals surface area contributed by atoms with Crippen LogP contribution in [0.5, 0.6) is 0 Å². The SMILES string of the molecule is CON(C(=O)[C@@H]1CCCN1C(=O)OC(C)(C)C)C(=O)[C@@H]1CC[C@@H]2CN1C(=O)N2OS(=O)(=O)O. The number of hydroxylamine groups is 4. The predicted molar refractivity (Wildman–Crippen MR) is 108 cm³/mol. The Labute approximate surface area is 191 Å². The summed E-state index contributed by atoms with van der Waals surface area (Å²) >= 11 is 0. The number of ether oxygens (including phenoxy) is 1. The van der Waals surface area contributed by atoms with Crippen molar-refractivity contribution in [2.75, 3.05) is 20.2 Å². The molecule has 14 nitrogen and oxygen atoms in total. The molecule has 2 bridgehead atoms. The number of imide groups is 1. The Morgan fingerprint density at radius 1 is 1.09 bits per heavy atom. The number of nitrogens with zero attached hydrogens (tertiary/aromatic N) is 4. The number of hydrogen-bond donors (Lipinski definition) is 1. The van der Waals surface area contributed by atoms with E-state index in [0.717, 1.165) is 12.0 Å². The van der Waals surface area contributed by atoms with Crippen LogP contribution in [0.15, 0.2) is 0 Å². The highest BCUT2D eigenvalue weighted by molar-refractivity contribution is 7.80. The molecule has 3 fully saturated rings. The molecule has 0 radical (unpaired) electrons. The minimum absolute atomic E-state index is 0.0377. The first-order valence-corrected chi connectivity index (χ1v) is 11.8. The fraction of sp³-hybridized carbons (Fsp3) is 0.778. The Kier molecular flexibility index (Phi) is 6.89. The molecule has 33 heavy (non-hydrogen) atoms. The van der Waals surface area contributed by atoms with Crippen molar-refractivity contribution in [1.82, 2.24) is 19.9 Å². The van der Waals surface area contributed by atoms with Gasteiger partial charge in [0.1, 0.15) is 17.7 Å². The molecule has 3 aliphatic heterocycles. The molecule has 3 heterocycles. The monoisotopic (exact) mass is 492 g/mol. The van der Waals surface area contributed by atoms with Crippen LogP contribution >= 0.6 is 0 Å². The quantitative estimate of drug-likeness (QED) is 0.321. The second kappa shape index (κ2) is 9.04. The highest BCUT2D eigenvalue weighted by atomic mass is 32.3. The average molecular weight is 493 g/mol. The number of carbonyl (C=O) groups excluding carboxylic acids is 4. The average Bonchev–Trinajstić information content (AvgIpc) is 3.26. The van der Waals surface area contributed by atoms with Gasteiger partial charge in [-0.1, -0.05) is 0 Å². The lowest BCUT2D eigenvalue weighted by Gasteiger charge is -2.34. The van der Waals surface area contributed by atoms with Gasteiger partial charge in [0.15, 0.2) is 0 Å². The first kappa shape index (κ1) is 25.1. The summed E-state index contributed by atoms with van der Waals surface area (Å²) in [6, 6.07) is -3.72. The number of piperidine rings is 1. The number of carbonyl (C=O) groups is 4. The van der Waals surface area contributed by atoms with Crippen LogP contribution in [-0.2, 0) is 33.8 Å². The Bertz CT molecular complexity index is 933. The van der Waals surface area contributed by atoms with Gasteiger partial charge in [-0.2, -0.15) is 18.5 Å². The maximum Gasteiger partial charge on any atom is 0.418 e. The Morgan fingerprint density at radius 2 is 1.73 bits per heavy atom. The van der Waals surface area contributed by atoms with Crippen molar-refractivity contribution >= 4 is 34.3 Å². The summed E-state index contributed by atoms with van der Waals surface area (Å²) in [5, 5.41) is 1.03. The number of rotatable bonds is 5. The second-order valence-corrected chi connectivity index (χ2v) is 10.00. The van der Waals surface area contributed by atoms with Gasteiger partial charge in [-0.25, -0.2) is 9.59 Å². The molecule has 0 aromatic carbocycles. The fourth-order valence-electron chi connectivity index (χ4n) is 4.21. The normalized spacial score (nSPS) is 25.4. The van der Waals surface area contributed by atoms with Crippen molar-refractivity contribution in [3.8, 4) is 0 Å². The summed E-state index contributed by atoms with van der Waals surface area (Å²) in [6.45, 7) is 5.32. The third kappa shape index (κ3) is 5.37. The summed E-state index contributed by atoms with van der Waals surface area (Å²) in [5.74, 6) is -1.61. The minimum atomic E-state index is -4.93. The lowest BCUT2D eigenvalue weighted by Crippen LogP contribution is -2.56. The standard InChI is InChI=1S/C18H28N4O10S/c1-18(2,3)31-17(26)19-9-5-6-12(19)14(23)22(30-4)15(24)13-8-7-11-10-20(13)16(25)21(11)32-33(27,28)29/h11-13H,5-10H2,1-4H3,(H,27,28,29)/t11-,12+,13+/m1/s1. The first-order chi connectivity index (χ1) is 15.2. The molecule has 3 rings (SSSR count). The van der Waals surface area contributed by atoms with Crippen molar-refractivity contribution in [3.63, 3.8) is 0 Å². The molecule has 5 amide bonds. The van der Waals surface area contributed by atoms with Crippen molar-refractivity contribution < 1.29 is 46.0 Å². The molecule has 0 saturated carbocycles. The van der Waals surface area contributed by atoms with Gasteiger partial charge in [0.25, 0.3) is 11.8 Å². The van der Waals surface area contributed by atoms with Crippen molar-refractivity contribution in [2.24, 2.45) is 0 Å². The molecule has 3 atom stereocenters. The molecule has 0 spiro atoms. The summed E-state index contributed by atoms with van der Waals surface area (Å²) in [6.07, 6.45) is 0.437. The van der Waals surface area contributed by atoms with E-state index in [1.165, 1.54) is 4.90 Å². The molecule has 3 saturated heterocycles. The van der Waals surface area contributed by atoms with Crippen molar-refractivity contribution in [1.29, 1.82) is 0 Å². The summed E-state index contributed by atoms with van der Waals surface area (Å²) in [4.78, 5) is 58.8. The lowest BCUT2D eigenvalue weighted by molar-refractivity contribution is -0.193. The van der Waals surface area contributed by atoms with E-state index in [1.807, 2.05) is 0 Å². The van der Waals surface area contributed by atoms with Gasteiger partial charge in [-0.3, -0.25) is 23.9 Å². The largest absolute Gasteiger partial charge is 0.444 e. The highest BCUT2D eigenvalue weighted by Gasteiger charge is 2.51. The number of urea groups is 1. The van der Waals surface area contributed by atoms with Gasteiger partial charge in [-0.15, -0.1) is 4.28 Å². The van der Waals surface area contributed by atoms with Crippen LogP contribution in [0.4, 0.5) is 9.59 Å². The lowest BCUT2D eigenvalue weighted by atomic mass is 10.00. The van der Waals surface area contributed by atoms with E-state index in [4.69, 9.17) is 14.1 Å². The number of fused-ring (bicyclic) bond motifs is 2. The van der Waals surface area contributed by atoms with Crippen molar-refractivity contribution in [2.45, 2.75) is 70.2 Å².